The van der Waals surface area contributed by atoms with Crippen molar-refractivity contribution in [3.05, 3.63) is 171 Å². The second-order valence-corrected chi connectivity index (χ2v) is 37.5. The van der Waals surface area contributed by atoms with Crippen LogP contribution in [0.15, 0.2) is 126 Å². The lowest BCUT2D eigenvalue weighted by molar-refractivity contribution is 0.195. The molecule has 7 aromatic carbocycles. The number of anilines is 8. The van der Waals surface area contributed by atoms with Crippen LogP contribution >= 0.6 is 11.3 Å². The number of nitrogens with zero attached hydrogens (tertiary/aromatic N) is 3. The highest BCUT2D eigenvalue weighted by Gasteiger charge is 2.59. The van der Waals surface area contributed by atoms with E-state index in [9.17, 15) is 0 Å². The molecule has 1 fully saturated rings. The topological polar surface area (TPSA) is 22.9 Å². The summed E-state index contributed by atoms with van der Waals surface area (Å²) in [4.78, 5) is 8.46. The second-order valence-electron chi connectivity index (χ2n) is 36.4. The van der Waals surface area contributed by atoms with Gasteiger partial charge in [0, 0.05) is 59.7 Å². The molecule has 474 valence electrons. The van der Waals surface area contributed by atoms with Crippen LogP contribution in [0.4, 0.5) is 45.5 Å². The first-order valence-electron chi connectivity index (χ1n) is 35.4. The van der Waals surface area contributed by atoms with E-state index in [2.05, 4.69) is 275 Å². The predicted molar refractivity (Wildman–Crippen MR) is 397 cm³/mol. The number of benzene rings is 7. The molecule has 0 amide bonds. The van der Waals surface area contributed by atoms with Gasteiger partial charge >= 0.3 is 6.71 Å². The van der Waals surface area contributed by atoms with E-state index >= 15 is 0 Å². The molecule has 0 spiro atoms. The van der Waals surface area contributed by atoms with E-state index in [0.717, 1.165) is 49.8 Å². The van der Waals surface area contributed by atoms with Crippen molar-refractivity contribution in [1.82, 2.24) is 0 Å². The summed E-state index contributed by atoms with van der Waals surface area (Å²) >= 11 is 2.04. The quantitative estimate of drug-likeness (QED) is 0.164. The van der Waals surface area contributed by atoms with E-state index < -0.39 is 0 Å². The molecule has 0 saturated heterocycles. The van der Waals surface area contributed by atoms with Gasteiger partial charge in [-0.05, 0) is 229 Å². The van der Waals surface area contributed by atoms with Gasteiger partial charge in [0.2, 0.25) is 0 Å². The molecule has 16 rings (SSSR count). The summed E-state index contributed by atoms with van der Waals surface area (Å²) in [5, 5.41) is 2.57. The molecule has 6 heteroatoms. The van der Waals surface area contributed by atoms with Crippen LogP contribution in [0.3, 0.4) is 0 Å². The first-order chi connectivity index (χ1) is 43.0. The average Bonchev–Trinajstić information content (AvgIpc) is 1.45. The Kier molecular flexibility index (Phi) is 12.6. The fourth-order valence-corrected chi connectivity index (χ4v) is 20.4. The Hall–Kier alpha value is -6.50. The maximum Gasteiger partial charge on any atom is 0.309 e. The van der Waals surface area contributed by atoms with Crippen LogP contribution in [-0.2, 0) is 48.7 Å². The normalized spacial score (nSPS) is 23.3. The molecule has 4 aliphatic carbocycles. The van der Waals surface area contributed by atoms with Crippen molar-refractivity contribution in [3.8, 4) is 11.1 Å². The van der Waals surface area contributed by atoms with Crippen LogP contribution in [-0.4, -0.2) is 12.3 Å². The fourth-order valence-electron chi connectivity index (χ4n) is 19.1. The Labute approximate surface area is 555 Å². The van der Waals surface area contributed by atoms with Crippen LogP contribution in [0.25, 0.3) is 32.2 Å². The van der Waals surface area contributed by atoms with Crippen molar-refractivity contribution in [1.29, 1.82) is 0 Å². The van der Waals surface area contributed by atoms with Crippen molar-refractivity contribution >= 4 is 101 Å². The zero-order valence-corrected chi connectivity index (χ0v) is 60.2. The van der Waals surface area contributed by atoms with Crippen molar-refractivity contribution in [2.45, 2.75) is 257 Å². The Balaban J connectivity index is 1.10. The van der Waals surface area contributed by atoms with Gasteiger partial charge in [-0.1, -0.05) is 199 Å². The molecule has 0 radical (unpaired) electrons. The third-order valence-corrected chi connectivity index (χ3v) is 26.9. The fraction of sp³-hybridized carbons (Fsp3) is 0.465. The zero-order valence-electron chi connectivity index (χ0n) is 59.4. The predicted octanol–water partition coefficient (Wildman–Crippen LogP) is 22.8. The van der Waals surface area contributed by atoms with Gasteiger partial charge in [0.15, 0.2) is 0 Å². The monoisotopic (exact) mass is 1230 g/mol. The summed E-state index contributed by atoms with van der Waals surface area (Å²) in [5.41, 5.74) is 28.7. The first kappa shape index (κ1) is 60.4. The van der Waals surface area contributed by atoms with Gasteiger partial charge in [0.1, 0.15) is 11.2 Å². The van der Waals surface area contributed by atoms with Crippen molar-refractivity contribution in [2.24, 2.45) is 0 Å². The number of thiophene rings is 1. The minimum Gasteiger partial charge on any atom is -0.468 e. The van der Waals surface area contributed by atoms with Gasteiger partial charge in [-0.3, -0.25) is 0 Å². The number of furan rings is 1. The van der Waals surface area contributed by atoms with Crippen molar-refractivity contribution in [2.75, 3.05) is 14.7 Å². The minimum absolute atomic E-state index is 0.000977. The maximum absolute atomic E-state index is 8.06. The lowest BCUT2D eigenvalue weighted by Gasteiger charge is -2.51. The average molecular weight is 1230 g/mol. The van der Waals surface area contributed by atoms with Crippen LogP contribution in [0.2, 0.25) is 0 Å². The number of hydrogen-bond acceptors (Lipinski definition) is 5. The first-order valence-corrected chi connectivity index (χ1v) is 36.2. The molecule has 4 nitrogen and oxygen atoms in total. The molecule has 2 atom stereocenters. The molecule has 7 aliphatic rings. The smallest absolute Gasteiger partial charge is 0.309 e. The number of rotatable bonds is 4. The molecular formula is C86H100BN3OS. The van der Waals surface area contributed by atoms with E-state index in [1.165, 1.54) is 158 Å². The highest BCUT2D eigenvalue weighted by molar-refractivity contribution is 7.33. The Morgan fingerprint density at radius 3 is 1.55 bits per heavy atom. The zero-order chi connectivity index (χ0) is 64.9. The summed E-state index contributed by atoms with van der Waals surface area (Å²) < 4.78 is 10.8. The molecule has 0 N–H and O–H groups in total. The summed E-state index contributed by atoms with van der Waals surface area (Å²) in [6.45, 7) is 49.3. The molecule has 3 aliphatic heterocycles. The molecule has 0 bridgehead atoms. The minimum atomic E-state index is -0.211. The van der Waals surface area contributed by atoms with Crippen LogP contribution in [0.1, 0.15) is 253 Å². The summed E-state index contributed by atoms with van der Waals surface area (Å²) in [6.07, 6.45) is 11.6. The lowest BCUT2D eigenvalue weighted by atomic mass is 9.38. The van der Waals surface area contributed by atoms with Gasteiger partial charge in [-0.15, -0.1) is 11.3 Å². The van der Waals surface area contributed by atoms with E-state index in [1.54, 1.807) is 0 Å². The van der Waals surface area contributed by atoms with Gasteiger partial charge in [-0.2, -0.15) is 0 Å². The number of fused-ring (bicyclic) bond motifs is 14. The van der Waals surface area contributed by atoms with Gasteiger partial charge < -0.3 is 19.1 Å². The molecule has 2 aromatic heterocycles. The van der Waals surface area contributed by atoms with Gasteiger partial charge in [-0.25, -0.2) is 0 Å². The SMILES string of the molecule is CC(C)(C)c1ccc(N2c3cc(N4c5ccc(C(C)(C)C)cc5C5(C)CCCCC45C)cc4c3B(c3oc5cc6c(cc5c3N4c3ccc4c(c3)C(C)(C)CCC4(C)C)C(C)(C)CCC6(C)C)c3sc4cc5c(cc4c32)C(C)(C)CCC5(C)C)c(-c2ccccc2)c1. The van der Waals surface area contributed by atoms with Crippen LogP contribution in [0.5, 0.6) is 0 Å². The largest absolute Gasteiger partial charge is 0.468 e. The number of hydrogen-bond donors (Lipinski definition) is 0. The van der Waals surface area contributed by atoms with E-state index in [4.69, 9.17) is 4.42 Å². The molecule has 5 heterocycles. The molecular weight excluding hydrogens is 1130 g/mol. The Bertz CT molecular complexity index is 4620. The van der Waals surface area contributed by atoms with Gasteiger partial charge in [0.25, 0.3) is 0 Å². The van der Waals surface area contributed by atoms with Crippen molar-refractivity contribution < 1.29 is 4.42 Å². The standard InChI is InChI=1S/C86H100BN3OS/c1-77(2,3)52-28-32-66(56(42-52)51-26-22-21-23-27-51)89-69-46-55(90-67-33-29-53(78(4,5)6)43-65(67)85(19)34-24-25-35-86(85,90)20)45-68-72(69)87(76-74(89)58-48-62-64(50-71(58)92-76)84(17,18)41-39-82(62,13)14)75-73(57-47-61-63(49-70(57)91-75)83(15,16)40-38-81(61,11)12)88(68)54-30-31-59-60(44-54)80(9,10)37-36-79(59,7)8/h21-23,26-33,42-50H,24-25,34-41H2,1-20H3. The van der Waals surface area contributed by atoms with E-state index in [0.29, 0.717) is 0 Å². The second kappa shape index (κ2) is 19.1. The molecule has 9 aromatic rings. The Morgan fingerprint density at radius 1 is 0.424 bits per heavy atom. The van der Waals surface area contributed by atoms with Crippen LogP contribution in [0, 0.1) is 0 Å². The molecule has 1 saturated carbocycles. The summed E-state index contributed by atoms with van der Waals surface area (Å²) in [5.74, 6) is 0. The highest BCUT2D eigenvalue weighted by Crippen LogP contribution is 2.64. The van der Waals surface area contributed by atoms with Crippen LogP contribution < -0.4 is 30.6 Å². The van der Waals surface area contributed by atoms with E-state index in [1.807, 2.05) is 11.3 Å². The highest BCUT2D eigenvalue weighted by atomic mass is 32.1. The third-order valence-electron chi connectivity index (χ3n) is 25.7. The Morgan fingerprint density at radius 2 is 0.946 bits per heavy atom. The molecule has 2 unspecified atom stereocenters. The van der Waals surface area contributed by atoms with E-state index in [-0.39, 0.29) is 61.0 Å². The summed E-state index contributed by atoms with van der Waals surface area (Å²) in [7, 11) is 0. The van der Waals surface area contributed by atoms with Gasteiger partial charge in [0.05, 0.1) is 22.6 Å². The summed E-state index contributed by atoms with van der Waals surface area (Å²) in [6, 6.07) is 50.0. The van der Waals surface area contributed by atoms with Crippen molar-refractivity contribution in [3.63, 3.8) is 0 Å². The lowest BCUT2D eigenvalue weighted by Crippen LogP contribution is -2.60. The maximum atomic E-state index is 8.06. The molecule has 92 heavy (non-hydrogen) atoms. The third kappa shape index (κ3) is 8.44.